The van der Waals surface area contributed by atoms with Crippen LogP contribution in [-0.2, 0) is 0 Å². The summed E-state index contributed by atoms with van der Waals surface area (Å²) < 4.78 is 0. The van der Waals surface area contributed by atoms with Gasteiger partial charge < -0.3 is 15.2 Å². The van der Waals surface area contributed by atoms with E-state index in [0.717, 1.165) is 25.9 Å². The maximum Gasteiger partial charge on any atom is 0.317 e. The average molecular weight is 257 g/mol. The smallest absolute Gasteiger partial charge is 0.317 e. The normalized spacial score (nSPS) is 16.8. The minimum Gasteiger partial charge on any atom is -0.358 e. The second-order valence-corrected chi connectivity index (χ2v) is 5.13. The molecule has 3 rings (SSSR count). The lowest BCUT2D eigenvalue weighted by atomic mass is 9.94. The molecule has 2 N–H and O–H groups in total. The lowest BCUT2D eigenvalue weighted by molar-refractivity contribution is 0.183. The van der Waals surface area contributed by atoms with Gasteiger partial charge in [0.05, 0.1) is 0 Å². The summed E-state index contributed by atoms with van der Waals surface area (Å²) in [5.41, 5.74) is 2.50. The van der Waals surface area contributed by atoms with Crippen molar-refractivity contribution in [3.63, 3.8) is 0 Å². The first-order valence-electron chi connectivity index (χ1n) is 6.82. The molecule has 2 aromatic rings. The molecule has 0 unspecified atom stereocenters. The fourth-order valence-corrected chi connectivity index (χ4v) is 2.87. The van der Waals surface area contributed by atoms with E-state index in [4.69, 9.17) is 0 Å². The number of nitrogens with zero attached hydrogens (tertiary/aromatic N) is 1. The summed E-state index contributed by atoms with van der Waals surface area (Å²) >= 11 is 0. The van der Waals surface area contributed by atoms with Gasteiger partial charge in [0.25, 0.3) is 0 Å². The first-order chi connectivity index (χ1) is 9.28. The summed E-state index contributed by atoms with van der Waals surface area (Å²) in [6, 6.07) is 10.6. The van der Waals surface area contributed by atoms with Gasteiger partial charge in [0, 0.05) is 37.3 Å². The van der Waals surface area contributed by atoms with Crippen molar-refractivity contribution in [3.8, 4) is 0 Å². The summed E-state index contributed by atoms with van der Waals surface area (Å²) in [5, 5.41) is 3.96. The molecule has 0 bridgehead atoms. The number of amides is 2. The third-order valence-corrected chi connectivity index (χ3v) is 3.99. The van der Waals surface area contributed by atoms with Gasteiger partial charge in [-0.15, -0.1) is 0 Å². The zero-order valence-electron chi connectivity index (χ0n) is 11.1. The van der Waals surface area contributed by atoms with E-state index in [0.29, 0.717) is 5.92 Å². The Labute approximate surface area is 112 Å². The highest BCUT2D eigenvalue weighted by Gasteiger charge is 2.24. The van der Waals surface area contributed by atoms with Gasteiger partial charge >= 0.3 is 6.03 Å². The molecule has 19 heavy (non-hydrogen) atoms. The van der Waals surface area contributed by atoms with Crippen LogP contribution in [0.25, 0.3) is 10.9 Å². The highest BCUT2D eigenvalue weighted by Crippen LogP contribution is 2.29. The second-order valence-electron chi connectivity index (χ2n) is 5.13. The Morgan fingerprint density at radius 1 is 1.32 bits per heavy atom. The number of nitrogens with one attached hydrogen (secondary N) is 2. The lowest BCUT2D eigenvalue weighted by Gasteiger charge is -2.31. The molecule has 4 nitrogen and oxygen atoms in total. The van der Waals surface area contributed by atoms with Gasteiger partial charge in [0.1, 0.15) is 0 Å². The van der Waals surface area contributed by atoms with Crippen molar-refractivity contribution >= 4 is 16.9 Å². The summed E-state index contributed by atoms with van der Waals surface area (Å²) in [7, 11) is 1.69. The van der Waals surface area contributed by atoms with E-state index in [9.17, 15) is 4.79 Å². The van der Waals surface area contributed by atoms with Crippen molar-refractivity contribution in [2.75, 3.05) is 20.1 Å². The van der Waals surface area contributed by atoms with Gasteiger partial charge in [0.15, 0.2) is 0 Å². The number of fused-ring (bicyclic) bond motifs is 1. The molecule has 4 heteroatoms. The zero-order valence-corrected chi connectivity index (χ0v) is 11.1. The van der Waals surface area contributed by atoms with Crippen LogP contribution in [0, 0.1) is 0 Å². The van der Waals surface area contributed by atoms with Crippen molar-refractivity contribution in [1.82, 2.24) is 15.2 Å². The zero-order chi connectivity index (χ0) is 13.2. The summed E-state index contributed by atoms with van der Waals surface area (Å²) in [5.74, 6) is 0.535. The number of para-hydroxylation sites is 1. The minimum atomic E-state index is 0.0371. The van der Waals surface area contributed by atoms with Gasteiger partial charge in [-0.05, 0) is 30.4 Å². The van der Waals surface area contributed by atoms with E-state index < -0.39 is 0 Å². The van der Waals surface area contributed by atoms with E-state index in [2.05, 4.69) is 40.6 Å². The summed E-state index contributed by atoms with van der Waals surface area (Å²) in [6.07, 6.45) is 2.06. The number of carbonyl (C=O) groups is 1. The van der Waals surface area contributed by atoms with Crippen molar-refractivity contribution in [2.24, 2.45) is 0 Å². The van der Waals surface area contributed by atoms with Crippen LogP contribution in [-0.4, -0.2) is 36.1 Å². The maximum atomic E-state index is 11.6. The summed E-state index contributed by atoms with van der Waals surface area (Å²) in [4.78, 5) is 17.0. The molecule has 2 amide bonds. The molecule has 0 spiro atoms. The van der Waals surface area contributed by atoms with Crippen molar-refractivity contribution in [3.05, 3.63) is 36.0 Å². The van der Waals surface area contributed by atoms with Crippen LogP contribution in [0.1, 0.15) is 24.5 Å². The number of aromatic amines is 1. The fourth-order valence-electron chi connectivity index (χ4n) is 2.87. The van der Waals surface area contributed by atoms with Crippen LogP contribution in [0.5, 0.6) is 0 Å². The average Bonchev–Trinajstić information content (AvgIpc) is 2.90. The van der Waals surface area contributed by atoms with Crippen LogP contribution < -0.4 is 5.32 Å². The van der Waals surface area contributed by atoms with Gasteiger partial charge in [-0.25, -0.2) is 4.79 Å². The quantitative estimate of drug-likeness (QED) is 0.810. The third-order valence-electron chi connectivity index (χ3n) is 3.99. The van der Waals surface area contributed by atoms with E-state index in [1.165, 1.54) is 16.6 Å². The van der Waals surface area contributed by atoms with Gasteiger partial charge in [-0.1, -0.05) is 18.2 Å². The van der Waals surface area contributed by atoms with E-state index >= 15 is 0 Å². The largest absolute Gasteiger partial charge is 0.358 e. The van der Waals surface area contributed by atoms with Gasteiger partial charge in [0.2, 0.25) is 0 Å². The van der Waals surface area contributed by atoms with Crippen LogP contribution in [0.3, 0.4) is 0 Å². The molecule has 0 radical (unpaired) electrons. The number of hydrogen-bond acceptors (Lipinski definition) is 1. The SMILES string of the molecule is CNC(=O)N1CCC(c2cc3ccccc3[nH]2)CC1. The molecular formula is C15H19N3O. The number of aromatic nitrogens is 1. The molecular weight excluding hydrogens is 238 g/mol. The number of urea groups is 1. The number of piperidine rings is 1. The maximum absolute atomic E-state index is 11.6. The molecule has 1 aromatic heterocycles. The number of benzene rings is 1. The highest BCUT2D eigenvalue weighted by atomic mass is 16.2. The van der Waals surface area contributed by atoms with Crippen LogP contribution >= 0.6 is 0 Å². The number of H-pyrrole nitrogens is 1. The van der Waals surface area contributed by atoms with E-state index in [1.54, 1.807) is 7.05 Å². The molecule has 1 saturated heterocycles. The highest BCUT2D eigenvalue weighted by molar-refractivity contribution is 5.80. The number of carbonyl (C=O) groups excluding carboxylic acids is 1. The topological polar surface area (TPSA) is 48.1 Å². The summed E-state index contributed by atoms with van der Waals surface area (Å²) in [6.45, 7) is 1.67. The molecule has 100 valence electrons. The molecule has 1 aliphatic heterocycles. The monoisotopic (exact) mass is 257 g/mol. The van der Waals surface area contributed by atoms with Crippen molar-refractivity contribution in [2.45, 2.75) is 18.8 Å². The predicted molar refractivity (Wildman–Crippen MR) is 76.3 cm³/mol. The number of hydrogen-bond donors (Lipinski definition) is 2. The fraction of sp³-hybridized carbons (Fsp3) is 0.400. The van der Waals surface area contributed by atoms with Crippen molar-refractivity contribution < 1.29 is 4.79 Å². The Morgan fingerprint density at radius 3 is 2.74 bits per heavy atom. The Hall–Kier alpha value is -1.97. The van der Waals surface area contributed by atoms with Gasteiger partial charge in [-0.3, -0.25) is 0 Å². The van der Waals surface area contributed by atoms with Crippen LogP contribution in [0.4, 0.5) is 4.79 Å². The number of likely N-dealkylation sites (tertiary alicyclic amines) is 1. The minimum absolute atomic E-state index is 0.0371. The first kappa shape index (κ1) is 12.1. The molecule has 0 aliphatic carbocycles. The Balaban J connectivity index is 1.72. The Bertz CT molecular complexity index is 549. The number of rotatable bonds is 1. The molecule has 2 heterocycles. The lowest BCUT2D eigenvalue weighted by Crippen LogP contribution is -2.42. The van der Waals surface area contributed by atoms with E-state index in [1.807, 2.05) is 4.90 Å². The molecule has 1 fully saturated rings. The third kappa shape index (κ3) is 2.30. The first-order valence-corrected chi connectivity index (χ1v) is 6.82. The predicted octanol–water partition coefficient (Wildman–Crippen LogP) is 2.69. The molecule has 1 aromatic carbocycles. The Kier molecular flexibility index (Phi) is 3.15. The van der Waals surface area contributed by atoms with E-state index in [-0.39, 0.29) is 6.03 Å². The second kappa shape index (κ2) is 4.96. The molecule has 1 aliphatic rings. The van der Waals surface area contributed by atoms with Crippen molar-refractivity contribution in [1.29, 1.82) is 0 Å². The van der Waals surface area contributed by atoms with Gasteiger partial charge in [-0.2, -0.15) is 0 Å². The molecule has 0 saturated carbocycles. The standard InChI is InChI=1S/C15H19N3O/c1-16-15(19)18-8-6-11(7-9-18)14-10-12-4-2-3-5-13(12)17-14/h2-5,10-11,17H,6-9H2,1H3,(H,16,19). The Morgan fingerprint density at radius 2 is 2.05 bits per heavy atom. The van der Waals surface area contributed by atoms with Crippen LogP contribution in [0.15, 0.2) is 30.3 Å². The molecule has 0 atom stereocenters. The van der Waals surface area contributed by atoms with Crippen LogP contribution in [0.2, 0.25) is 0 Å².